The summed E-state index contributed by atoms with van der Waals surface area (Å²) in [6.07, 6.45) is 8.03. The van der Waals surface area contributed by atoms with Crippen LogP contribution in [-0.2, 0) is 0 Å². The average Bonchev–Trinajstić information content (AvgIpc) is 2.23. The lowest BCUT2D eigenvalue weighted by atomic mass is 10.1. The van der Waals surface area contributed by atoms with Crippen LogP contribution < -0.4 is 5.73 Å². The lowest BCUT2D eigenvalue weighted by Crippen LogP contribution is -2.32. The molecule has 0 aliphatic rings. The summed E-state index contributed by atoms with van der Waals surface area (Å²) in [5.41, 5.74) is 5.45. The zero-order chi connectivity index (χ0) is 12.4. The van der Waals surface area contributed by atoms with Crippen LogP contribution in [0.1, 0.15) is 52.4 Å². The van der Waals surface area contributed by atoms with Crippen molar-refractivity contribution >= 4 is 5.84 Å². The van der Waals surface area contributed by atoms with E-state index in [4.69, 9.17) is 11.1 Å². The van der Waals surface area contributed by atoms with Gasteiger partial charge in [-0.2, -0.15) is 0 Å². The standard InChI is InChI=1S/C13H29N3/c1-4-5-6-7-8-9-10-16(3)11-12(2)13(14)15/h12H,4-11H2,1-3H3,(H3,14,15). The van der Waals surface area contributed by atoms with Gasteiger partial charge in [0.1, 0.15) is 0 Å². The molecule has 0 saturated carbocycles. The number of unbranched alkanes of at least 4 members (excludes halogenated alkanes) is 5. The van der Waals surface area contributed by atoms with Gasteiger partial charge in [-0.05, 0) is 20.0 Å². The van der Waals surface area contributed by atoms with Crippen LogP contribution in [0.5, 0.6) is 0 Å². The molecule has 1 atom stereocenters. The minimum atomic E-state index is 0.185. The number of nitrogens with one attached hydrogen (secondary N) is 1. The highest BCUT2D eigenvalue weighted by Crippen LogP contribution is 2.06. The van der Waals surface area contributed by atoms with Crippen LogP contribution in [-0.4, -0.2) is 30.9 Å². The zero-order valence-electron chi connectivity index (χ0n) is 11.3. The molecule has 0 radical (unpaired) electrons. The lowest BCUT2D eigenvalue weighted by molar-refractivity contribution is 0.305. The molecule has 96 valence electrons. The minimum absolute atomic E-state index is 0.185. The number of nitrogens with zero attached hydrogens (tertiary/aromatic N) is 1. The van der Waals surface area contributed by atoms with Gasteiger partial charge in [0.15, 0.2) is 0 Å². The maximum atomic E-state index is 7.33. The van der Waals surface area contributed by atoms with Gasteiger partial charge in [0, 0.05) is 12.5 Å². The molecule has 0 spiro atoms. The van der Waals surface area contributed by atoms with Crippen LogP contribution >= 0.6 is 0 Å². The van der Waals surface area contributed by atoms with Crippen molar-refractivity contribution in [3.05, 3.63) is 0 Å². The lowest BCUT2D eigenvalue weighted by Gasteiger charge is -2.20. The predicted molar refractivity (Wildman–Crippen MR) is 72.0 cm³/mol. The number of hydrogen-bond donors (Lipinski definition) is 2. The fourth-order valence-corrected chi connectivity index (χ4v) is 1.82. The van der Waals surface area contributed by atoms with E-state index in [-0.39, 0.29) is 5.92 Å². The molecule has 0 heterocycles. The van der Waals surface area contributed by atoms with Crippen molar-refractivity contribution in [1.82, 2.24) is 4.90 Å². The van der Waals surface area contributed by atoms with Gasteiger partial charge in [0.05, 0.1) is 5.84 Å². The molecule has 0 aliphatic heterocycles. The third-order valence-electron chi connectivity index (χ3n) is 3.01. The van der Waals surface area contributed by atoms with Crippen molar-refractivity contribution in [2.75, 3.05) is 20.1 Å². The van der Waals surface area contributed by atoms with Crippen LogP contribution in [0, 0.1) is 11.3 Å². The first-order valence-electron chi connectivity index (χ1n) is 6.60. The summed E-state index contributed by atoms with van der Waals surface area (Å²) >= 11 is 0. The van der Waals surface area contributed by atoms with E-state index >= 15 is 0 Å². The Balaban J connectivity index is 3.36. The molecule has 0 saturated heterocycles. The molecule has 3 N–H and O–H groups in total. The van der Waals surface area contributed by atoms with Gasteiger partial charge < -0.3 is 10.6 Å². The Bertz CT molecular complexity index is 180. The highest BCUT2D eigenvalue weighted by atomic mass is 15.1. The summed E-state index contributed by atoms with van der Waals surface area (Å²) in [4.78, 5) is 2.28. The van der Waals surface area contributed by atoms with Gasteiger partial charge in [-0.1, -0.05) is 46.0 Å². The fourth-order valence-electron chi connectivity index (χ4n) is 1.82. The van der Waals surface area contributed by atoms with E-state index in [1.54, 1.807) is 0 Å². The highest BCUT2D eigenvalue weighted by Gasteiger charge is 2.08. The van der Waals surface area contributed by atoms with Gasteiger partial charge in [0.2, 0.25) is 0 Å². The second-order valence-corrected chi connectivity index (χ2v) is 4.89. The van der Waals surface area contributed by atoms with Crippen LogP contribution in [0.25, 0.3) is 0 Å². The Morgan fingerprint density at radius 2 is 1.75 bits per heavy atom. The van der Waals surface area contributed by atoms with E-state index in [0.717, 1.165) is 13.1 Å². The van der Waals surface area contributed by atoms with Crippen molar-refractivity contribution in [1.29, 1.82) is 5.41 Å². The van der Waals surface area contributed by atoms with Crippen molar-refractivity contribution < 1.29 is 0 Å². The smallest absolute Gasteiger partial charge is 0.0947 e. The highest BCUT2D eigenvalue weighted by molar-refractivity contribution is 5.79. The van der Waals surface area contributed by atoms with E-state index in [9.17, 15) is 0 Å². The second kappa shape index (κ2) is 9.64. The number of hydrogen-bond acceptors (Lipinski definition) is 2. The number of rotatable bonds is 10. The summed E-state index contributed by atoms with van der Waals surface area (Å²) in [5, 5.41) is 7.33. The SMILES string of the molecule is CCCCCCCCN(C)CC(C)C(=N)N. The number of amidine groups is 1. The summed E-state index contributed by atoms with van der Waals surface area (Å²) in [6.45, 7) is 6.30. The van der Waals surface area contributed by atoms with Gasteiger partial charge in [0.25, 0.3) is 0 Å². The molecule has 3 heteroatoms. The summed E-state index contributed by atoms with van der Waals surface area (Å²) in [6, 6.07) is 0. The van der Waals surface area contributed by atoms with E-state index in [1.165, 1.54) is 38.5 Å². The first-order valence-corrected chi connectivity index (χ1v) is 6.60. The fraction of sp³-hybridized carbons (Fsp3) is 0.923. The molecule has 0 aromatic rings. The monoisotopic (exact) mass is 227 g/mol. The van der Waals surface area contributed by atoms with Crippen molar-refractivity contribution in [3.63, 3.8) is 0 Å². The first kappa shape index (κ1) is 15.4. The maximum absolute atomic E-state index is 7.33. The van der Waals surface area contributed by atoms with E-state index < -0.39 is 0 Å². The van der Waals surface area contributed by atoms with E-state index in [2.05, 4.69) is 18.9 Å². The summed E-state index contributed by atoms with van der Waals surface area (Å²) in [7, 11) is 2.12. The summed E-state index contributed by atoms with van der Waals surface area (Å²) < 4.78 is 0. The predicted octanol–water partition coefficient (Wildman–Crippen LogP) is 2.85. The Hall–Kier alpha value is -0.570. The van der Waals surface area contributed by atoms with E-state index in [0.29, 0.717) is 5.84 Å². The summed E-state index contributed by atoms with van der Waals surface area (Å²) in [5.74, 6) is 0.486. The molecule has 0 aromatic heterocycles. The van der Waals surface area contributed by atoms with Crippen LogP contribution in [0.15, 0.2) is 0 Å². The largest absolute Gasteiger partial charge is 0.387 e. The Labute approximate surface area is 101 Å². The Morgan fingerprint density at radius 1 is 1.19 bits per heavy atom. The molecule has 0 amide bonds. The van der Waals surface area contributed by atoms with Crippen molar-refractivity contribution in [2.45, 2.75) is 52.4 Å². The molecule has 0 aromatic carbocycles. The average molecular weight is 227 g/mol. The van der Waals surface area contributed by atoms with Gasteiger partial charge in [-0.3, -0.25) is 5.41 Å². The Morgan fingerprint density at radius 3 is 2.31 bits per heavy atom. The molecular weight excluding hydrogens is 198 g/mol. The maximum Gasteiger partial charge on any atom is 0.0947 e. The van der Waals surface area contributed by atoms with Crippen LogP contribution in [0.4, 0.5) is 0 Å². The molecule has 0 bridgehead atoms. The molecule has 16 heavy (non-hydrogen) atoms. The van der Waals surface area contributed by atoms with E-state index in [1.807, 2.05) is 6.92 Å². The van der Waals surface area contributed by atoms with Gasteiger partial charge >= 0.3 is 0 Å². The normalized spacial score (nSPS) is 13.0. The van der Waals surface area contributed by atoms with Crippen LogP contribution in [0.3, 0.4) is 0 Å². The second-order valence-electron chi connectivity index (χ2n) is 4.89. The third kappa shape index (κ3) is 8.72. The molecular formula is C13H29N3. The molecule has 1 unspecified atom stereocenters. The first-order chi connectivity index (χ1) is 7.57. The van der Waals surface area contributed by atoms with Gasteiger partial charge in [-0.15, -0.1) is 0 Å². The topological polar surface area (TPSA) is 53.1 Å². The van der Waals surface area contributed by atoms with Crippen LogP contribution in [0.2, 0.25) is 0 Å². The number of nitrogens with two attached hydrogens (primary N) is 1. The third-order valence-corrected chi connectivity index (χ3v) is 3.01. The Kier molecular flexibility index (Phi) is 9.30. The molecule has 0 rings (SSSR count). The molecule has 0 fully saturated rings. The van der Waals surface area contributed by atoms with Crippen molar-refractivity contribution in [3.8, 4) is 0 Å². The zero-order valence-corrected chi connectivity index (χ0v) is 11.3. The quantitative estimate of drug-likeness (QED) is 0.342. The molecule has 0 aliphatic carbocycles. The minimum Gasteiger partial charge on any atom is -0.387 e. The molecule has 3 nitrogen and oxygen atoms in total. The van der Waals surface area contributed by atoms with Gasteiger partial charge in [-0.25, -0.2) is 0 Å². The van der Waals surface area contributed by atoms with Crippen molar-refractivity contribution in [2.24, 2.45) is 11.7 Å².